The minimum absolute atomic E-state index is 0.0553. The lowest BCUT2D eigenvalue weighted by molar-refractivity contribution is -0.332. The Balaban J connectivity index is 1.68. The second-order valence-corrected chi connectivity index (χ2v) is 21.2. The molecule has 0 bridgehead atoms. The molecule has 2 heterocycles. The molecule has 2 rings (SSSR count). The van der Waals surface area contributed by atoms with Gasteiger partial charge in [0.05, 0.1) is 26.4 Å². The van der Waals surface area contributed by atoms with Crippen molar-refractivity contribution in [3.05, 3.63) is 36.5 Å². The van der Waals surface area contributed by atoms with Crippen LogP contribution in [0.3, 0.4) is 0 Å². The highest BCUT2D eigenvalue weighted by Gasteiger charge is 2.47. The molecule has 11 atom stereocenters. The first-order valence-electron chi connectivity index (χ1n) is 30.1. The van der Waals surface area contributed by atoms with Crippen LogP contribution in [0.2, 0.25) is 0 Å². The predicted molar refractivity (Wildman–Crippen MR) is 293 cm³/mol. The van der Waals surface area contributed by atoms with Crippen molar-refractivity contribution in [3.8, 4) is 0 Å². The summed E-state index contributed by atoms with van der Waals surface area (Å²) >= 11 is 0. The van der Waals surface area contributed by atoms with Gasteiger partial charge in [0.1, 0.15) is 54.9 Å². The zero-order valence-corrected chi connectivity index (χ0v) is 46.6. The van der Waals surface area contributed by atoms with E-state index in [9.17, 15) is 40.5 Å². The molecule has 14 nitrogen and oxygen atoms in total. The van der Waals surface area contributed by atoms with E-state index in [1.165, 1.54) is 141 Å². The SMILES string of the molecule is CC/C=C\C/C=C\C/C=C\CCCCCCCCOCC(COC1OC(COC2OC(CO)C(O)C(O)C2O)C(O)C(O)C1O)OC(=O)CCCCCCCCCCCCCCCCCCCCCCCCCC. The maximum atomic E-state index is 13.1. The van der Waals surface area contributed by atoms with Gasteiger partial charge in [-0.15, -0.1) is 0 Å². The van der Waals surface area contributed by atoms with E-state index in [2.05, 4.69) is 50.3 Å². The summed E-state index contributed by atoms with van der Waals surface area (Å²) in [7, 11) is 0. The van der Waals surface area contributed by atoms with Gasteiger partial charge < -0.3 is 64.2 Å². The summed E-state index contributed by atoms with van der Waals surface area (Å²) in [5, 5.41) is 72.3. The van der Waals surface area contributed by atoms with Gasteiger partial charge >= 0.3 is 5.97 Å². The van der Waals surface area contributed by atoms with Crippen LogP contribution in [0, 0.1) is 0 Å². The Morgan fingerprint density at radius 2 is 0.878 bits per heavy atom. The number of allylic oxidation sites excluding steroid dienone is 6. The Bertz CT molecular complexity index is 1360. The third-order valence-corrected chi connectivity index (χ3v) is 14.4. The smallest absolute Gasteiger partial charge is 0.306 e. The summed E-state index contributed by atoms with van der Waals surface area (Å²) in [6.45, 7) is 3.59. The molecule has 2 saturated heterocycles. The van der Waals surface area contributed by atoms with Crippen molar-refractivity contribution in [2.24, 2.45) is 0 Å². The summed E-state index contributed by atoms with van der Waals surface area (Å²) in [5.41, 5.74) is 0. The largest absolute Gasteiger partial charge is 0.457 e. The summed E-state index contributed by atoms with van der Waals surface area (Å²) in [6.07, 6.45) is 39.3. The van der Waals surface area contributed by atoms with Crippen molar-refractivity contribution in [2.75, 3.05) is 33.0 Å². The van der Waals surface area contributed by atoms with Crippen LogP contribution in [0.5, 0.6) is 0 Å². The molecule has 0 saturated carbocycles. The molecular formula is C60H110O14. The quantitative estimate of drug-likeness (QED) is 0.0172. The number of ether oxygens (including phenoxy) is 6. The number of hydrogen-bond donors (Lipinski definition) is 7. The van der Waals surface area contributed by atoms with Crippen LogP contribution < -0.4 is 0 Å². The second-order valence-electron chi connectivity index (χ2n) is 21.2. The number of carbonyl (C=O) groups excluding carboxylic acids is 1. The van der Waals surface area contributed by atoms with Crippen molar-refractivity contribution in [2.45, 2.75) is 306 Å². The van der Waals surface area contributed by atoms with Gasteiger partial charge in [-0.3, -0.25) is 4.79 Å². The van der Waals surface area contributed by atoms with Gasteiger partial charge in [0, 0.05) is 13.0 Å². The molecule has 0 aromatic carbocycles. The molecule has 14 heteroatoms. The molecule has 0 aliphatic carbocycles. The van der Waals surface area contributed by atoms with Gasteiger partial charge in [-0.05, 0) is 44.9 Å². The van der Waals surface area contributed by atoms with E-state index >= 15 is 0 Å². The second kappa shape index (κ2) is 47.2. The number of hydrogen-bond acceptors (Lipinski definition) is 14. The standard InChI is InChI=1S/C60H110O14/c1-3-5-7-9-11-13-15-17-19-21-22-23-24-25-26-27-28-29-31-33-35-37-39-41-43-52(62)72-49(46-69-44-42-40-38-36-34-32-30-20-18-16-14-12-10-8-6-4-2)47-70-59-58(68)56(66)54(64)51(74-59)48-71-60-57(67)55(65)53(63)50(45-61)73-60/h6,8,12,14,18,20,49-51,53-61,63-68H,3-5,7,9-11,13,15-17,19,21-48H2,1-2H3/b8-6-,14-12-,20-18-. The van der Waals surface area contributed by atoms with Gasteiger partial charge in [0.25, 0.3) is 0 Å². The molecule has 434 valence electrons. The lowest BCUT2D eigenvalue weighted by Gasteiger charge is -2.42. The van der Waals surface area contributed by atoms with Crippen LogP contribution in [0.25, 0.3) is 0 Å². The molecule has 2 aliphatic heterocycles. The fourth-order valence-corrected chi connectivity index (χ4v) is 9.60. The highest BCUT2D eigenvalue weighted by molar-refractivity contribution is 5.69. The summed E-state index contributed by atoms with van der Waals surface area (Å²) in [6, 6.07) is 0. The van der Waals surface area contributed by atoms with Crippen molar-refractivity contribution in [3.63, 3.8) is 0 Å². The van der Waals surface area contributed by atoms with Gasteiger partial charge in [0.2, 0.25) is 0 Å². The molecule has 7 N–H and O–H groups in total. The minimum Gasteiger partial charge on any atom is -0.457 e. The third-order valence-electron chi connectivity index (χ3n) is 14.4. The van der Waals surface area contributed by atoms with Crippen LogP contribution >= 0.6 is 0 Å². The molecular weight excluding hydrogens is 945 g/mol. The minimum atomic E-state index is -1.71. The van der Waals surface area contributed by atoms with Gasteiger partial charge in [0.15, 0.2) is 12.6 Å². The Labute approximate surface area is 449 Å². The average molecular weight is 1060 g/mol. The van der Waals surface area contributed by atoms with E-state index in [-0.39, 0.29) is 25.6 Å². The van der Waals surface area contributed by atoms with E-state index in [0.29, 0.717) is 13.0 Å². The van der Waals surface area contributed by atoms with E-state index in [0.717, 1.165) is 70.6 Å². The van der Waals surface area contributed by atoms with Crippen molar-refractivity contribution >= 4 is 5.97 Å². The first kappa shape index (κ1) is 68.3. The van der Waals surface area contributed by atoms with Crippen LogP contribution in [-0.2, 0) is 33.2 Å². The molecule has 0 radical (unpaired) electrons. The highest BCUT2D eigenvalue weighted by Crippen LogP contribution is 2.27. The van der Waals surface area contributed by atoms with Crippen molar-refractivity contribution < 1.29 is 69.0 Å². The van der Waals surface area contributed by atoms with Crippen LogP contribution in [0.15, 0.2) is 36.5 Å². The molecule has 0 spiro atoms. The number of aliphatic hydroxyl groups excluding tert-OH is 7. The molecule has 11 unspecified atom stereocenters. The Kier molecular flexibility index (Phi) is 43.6. The number of aliphatic hydroxyl groups is 7. The number of carbonyl (C=O) groups is 1. The first-order chi connectivity index (χ1) is 36.1. The first-order valence-corrected chi connectivity index (χ1v) is 30.1. The van der Waals surface area contributed by atoms with E-state index in [4.69, 9.17) is 28.4 Å². The van der Waals surface area contributed by atoms with Crippen LogP contribution in [0.4, 0.5) is 0 Å². The molecule has 74 heavy (non-hydrogen) atoms. The molecule has 2 aliphatic rings. The normalized spacial score (nSPS) is 25.0. The zero-order chi connectivity index (χ0) is 53.7. The topological polar surface area (TPSA) is 214 Å². The van der Waals surface area contributed by atoms with Gasteiger partial charge in [-0.25, -0.2) is 0 Å². The average Bonchev–Trinajstić information content (AvgIpc) is 3.40. The Hall–Kier alpha value is -1.79. The summed E-state index contributed by atoms with van der Waals surface area (Å²) in [5.74, 6) is -0.376. The number of rotatable bonds is 49. The van der Waals surface area contributed by atoms with E-state index in [1.54, 1.807) is 0 Å². The third kappa shape index (κ3) is 33.5. The van der Waals surface area contributed by atoms with Crippen molar-refractivity contribution in [1.82, 2.24) is 0 Å². The highest BCUT2D eigenvalue weighted by atomic mass is 16.7. The van der Waals surface area contributed by atoms with Gasteiger partial charge in [-0.2, -0.15) is 0 Å². The Morgan fingerprint density at radius 3 is 1.38 bits per heavy atom. The zero-order valence-electron chi connectivity index (χ0n) is 46.6. The predicted octanol–water partition coefficient (Wildman–Crippen LogP) is 10.9. The maximum Gasteiger partial charge on any atom is 0.306 e. The summed E-state index contributed by atoms with van der Waals surface area (Å²) < 4.78 is 34.4. The lowest BCUT2D eigenvalue weighted by atomic mass is 9.98. The van der Waals surface area contributed by atoms with Gasteiger partial charge in [-0.1, -0.05) is 224 Å². The Morgan fingerprint density at radius 1 is 0.459 bits per heavy atom. The summed E-state index contributed by atoms with van der Waals surface area (Å²) in [4.78, 5) is 13.1. The number of unbranched alkanes of at least 4 members (excludes halogenated alkanes) is 29. The van der Waals surface area contributed by atoms with E-state index in [1.807, 2.05) is 0 Å². The molecule has 0 aromatic rings. The van der Waals surface area contributed by atoms with Crippen LogP contribution in [-0.4, -0.2) is 142 Å². The fourth-order valence-electron chi connectivity index (χ4n) is 9.60. The number of esters is 1. The lowest BCUT2D eigenvalue weighted by Crippen LogP contribution is -2.61. The van der Waals surface area contributed by atoms with Crippen molar-refractivity contribution in [1.29, 1.82) is 0 Å². The van der Waals surface area contributed by atoms with E-state index < -0.39 is 80.7 Å². The van der Waals surface area contributed by atoms with Crippen LogP contribution in [0.1, 0.15) is 239 Å². The molecule has 2 fully saturated rings. The fraction of sp³-hybridized carbons (Fsp3) is 0.883. The molecule has 0 amide bonds. The monoisotopic (exact) mass is 1050 g/mol. The maximum absolute atomic E-state index is 13.1. The molecule has 0 aromatic heterocycles.